The second-order valence-corrected chi connectivity index (χ2v) is 5.57. The number of nitrogens with one attached hydrogen (secondary N) is 2. The van der Waals surface area contributed by atoms with Crippen molar-refractivity contribution in [2.75, 3.05) is 32.8 Å². The summed E-state index contributed by atoms with van der Waals surface area (Å²) in [5, 5.41) is 7.05. The van der Waals surface area contributed by atoms with Gasteiger partial charge in [0.25, 0.3) is 0 Å². The first-order chi connectivity index (χ1) is 8.40. The zero-order valence-corrected chi connectivity index (χ0v) is 11.2. The Hall–Kier alpha value is -0.120. The first-order valence-electron chi connectivity index (χ1n) is 7.43. The molecule has 0 spiro atoms. The first-order valence-corrected chi connectivity index (χ1v) is 7.43. The largest absolute Gasteiger partial charge is 0.378 e. The second kappa shape index (κ2) is 7.34. The Kier molecular flexibility index (Phi) is 5.75. The Balaban J connectivity index is 1.48. The molecule has 100 valence electrons. The van der Waals surface area contributed by atoms with Crippen molar-refractivity contribution in [3.8, 4) is 0 Å². The predicted molar refractivity (Wildman–Crippen MR) is 71.2 cm³/mol. The summed E-state index contributed by atoms with van der Waals surface area (Å²) in [4.78, 5) is 0. The zero-order chi connectivity index (χ0) is 11.9. The van der Waals surface area contributed by atoms with Crippen LogP contribution in [-0.2, 0) is 4.74 Å². The zero-order valence-electron chi connectivity index (χ0n) is 11.2. The lowest BCUT2D eigenvalue weighted by Gasteiger charge is -2.17. The van der Waals surface area contributed by atoms with Gasteiger partial charge in [0.1, 0.15) is 0 Å². The maximum atomic E-state index is 5.70. The van der Waals surface area contributed by atoms with E-state index < -0.39 is 0 Å². The Morgan fingerprint density at radius 1 is 1.35 bits per heavy atom. The van der Waals surface area contributed by atoms with Crippen molar-refractivity contribution in [1.82, 2.24) is 10.6 Å². The van der Waals surface area contributed by atoms with Crippen LogP contribution in [0.3, 0.4) is 0 Å². The van der Waals surface area contributed by atoms with Crippen molar-refractivity contribution >= 4 is 0 Å². The van der Waals surface area contributed by atoms with Gasteiger partial charge in [0.05, 0.1) is 6.10 Å². The average molecular weight is 240 g/mol. The highest BCUT2D eigenvalue weighted by atomic mass is 16.5. The fourth-order valence-corrected chi connectivity index (χ4v) is 3.14. The molecule has 0 aromatic carbocycles. The van der Waals surface area contributed by atoms with E-state index in [1.54, 1.807) is 0 Å². The average Bonchev–Trinajstić information content (AvgIpc) is 2.98. The maximum absolute atomic E-state index is 5.70. The van der Waals surface area contributed by atoms with Crippen LogP contribution in [0.25, 0.3) is 0 Å². The summed E-state index contributed by atoms with van der Waals surface area (Å²) >= 11 is 0. The van der Waals surface area contributed by atoms with Crippen molar-refractivity contribution in [2.24, 2.45) is 11.8 Å². The van der Waals surface area contributed by atoms with Crippen LogP contribution in [0.15, 0.2) is 0 Å². The van der Waals surface area contributed by atoms with Crippen molar-refractivity contribution in [1.29, 1.82) is 0 Å². The monoisotopic (exact) mass is 240 g/mol. The van der Waals surface area contributed by atoms with Crippen molar-refractivity contribution in [2.45, 2.75) is 45.1 Å². The SMILES string of the molecule is CCC1OCCC1CNCCCC1CCNC1. The molecule has 2 fully saturated rings. The molecule has 17 heavy (non-hydrogen) atoms. The van der Waals surface area contributed by atoms with Gasteiger partial charge in [0.15, 0.2) is 0 Å². The Morgan fingerprint density at radius 3 is 3.06 bits per heavy atom. The molecule has 2 rings (SSSR count). The molecule has 0 amide bonds. The Bertz CT molecular complexity index is 204. The fourth-order valence-electron chi connectivity index (χ4n) is 3.14. The molecule has 2 aliphatic rings. The van der Waals surface area contributed by atoms with Crippen molar-refractivity contribution in [3.63, 3.8) is 0 Å². The van der Waals surface area contributed by atoms with Gasteiger partial charge in [-0.15, -0.1) is 0 Å². The van der Waals surface area contributed by atoms with Gasteiger partial charge in [-0.25, -0.2) is 0 Å². The van der Waals surface area contributed by atoms with Crippen LogP contribution in [0, 0.1) is 11.8 Å². The van der Waals surface area contributed by atoms with Crippen LogP contribution in [0.1, 0.15) is 39.0 Å². The van der Waals surface area contributed by atoms with E-state index in [0.29, 0.717) is 6.10 Å². The molecule has 2 heterocycles. The third kappa shape index (κ3) is 4.23. The molecule has 3 heteroatoms. The molecule has 0 radical (unpaired) electrons. The molecule has 0 saturated carbocycles. The molecule has 0 aliphatic carbocycles. The van der Waals surface area contributed by atoms with E-state index in [1.807, 2.05) is 0 Å². The van der Waals surface area contributed by atoms with E-state index in [1.165, 1.54) is 51.7 Å². The molecule has 0 bridgehead atoms. The van der Waals surface area contributed by atoms with Crippen molar-refractivity contribution < 1.29 is 4.74 Å². The van der Waals surface area contributed by atoms with Crippen LogP contribution in [-0.4, -0.2) is 38.9 Å². The number of hydrogen-bond donors (Lipinski definition) is 2. The predicted octanol–water partition coefficient (Wildman–Crippen LogP) is 1.78. The summed E-state index contributed by atoms with van der Waals surface area (Å²) < 4.78 is 5.70. The summed E-state index contributed by atoms with van der Waals surface area (Å²) in [6.45, 7) is 8.02. The van der Waals surface area contributed by atoms with Gasteiger partial charge in [-0.05, 0) is 63.6 Å². The lowest BCUT2D eigenvalue weighted by molar-refractivity contribution is 0.0873. The molecule has 2 saturated heterocycles. The van der Waals surface area contributed by atoms with Crippen LogP contribution < -0.4 is 10.6 Å². The van der Waals surface area contributed by atoms with E-state index in [0.717, 1.165) is 25.0 Å². The quantitative estimate of drug-likeness (QED) is 0.666. The van der Waals surface area contributed by atoms with E-state index in [2.05, 4.69) is 17.6 Å². The molecule has 0 aromatic heterocycles. The third-order valence-corrected chi connectivity index (χ3v) is 4.28. The highest BCUT2D eigenvalue weighted by molar-refractivity contribution is 4.77. The summed E-state index contributed by atoms with van der Waals surface area (Å²) in [5.41, 5.74) is 0. The minimum atomic E-state index is 0.515. The number of ether oxygens (including phenoxy) is 1. The molecule has 3 nitrogen and oxygen atoms in total. The van der Waals surface area contributed by atoms with E-state index in [4.69, 9.17) is 4.74 Å². The molecular weight excluding hydrogens is 212 g/mol. The lowest BCUT2D eigenvalue weighted by atomic mass is 9.99. The highest BCUT2D eigenvalue weighted by Gasteiger charge is 2.25. The van der Waals surface area contributed by atoms with Crippen LogP contribution in [0.4, 0.5) is 0 Å². The van der Waals surface area contributed by atoms with Crippen LogP contribution in [0.2, 0.25) is 0 Å². The van der Waals surface area contributed by atoms with E-state index in [-0.39, 0.29) is 0 Å². The molecule has 2 N–H and O–H groups in total. The molecular formula is C14H28N2O. The summed E-state index contributed by atoms with van der Waals surface area (Å²) in [6, 6.07) is 0. The smallest absolute Gasteiger partial charge is 0.0613 e. The normalized spacial score (nSPS) is 33.4. The molecule has 0 aromatic rings. The summed E-state index contributed by atoms with van der Waals surface area (Å²) in [6.07, 6.45) is 7.03. The van der Waals surface area contributed by atoms with Crippen molar-refractivity contribution in [3.05, 3.63) is 0 Å². The van der Waals surface area contributed by atoms with E-state index in [9.17, 15) is 0 Å². The Morgan fingerprint density at radius 2 is 2.29 bits per heavy atom. The van der Waals surface area contributed by atoms with Gasteiger partial charge >= 0.3 is 0 Å². The summed E-state index contributed by atoms with van der Waals surface area (Å²) in [7, 11) is 0. The fraction of sp³-hybridized carbons (Fsp3) is 1.00. The minimum absolute atomic E-state index is 0.515. The standard InChI is InChI=1S/C14H28N2O/c1-2-14-13(6-9-17-14)11-15-7-3-4-12-5-8-16-10-12/h12-16H,2-11H2,1H3. The maximum Gasteiger partial charge on any atom is 0.0613 e. The molecule has 2 aliphatic heterocycles. The second-order valence-electron chi connectivity index (χ2n) is 5.57. The summed E-state index contributed by atoms with van der Waals surface area (Å²) in [5.74, 6) is 1.70. The molecule has 3 atom stereocenters. The van der Waals surface area contributed by atoms with Gasteiger partial charge < -0.3 is 15.4 Å². The van der Waals surface area contributed by atoms with Crippen LogP contribution >= 0.6 is 0 Å². The lowest BCUT2D eigenvalue weighted by Crippen LogP contribution is -2.29. The first kappa shape index (κ1) is 13.3. The highest BCUT2D eigenvalue weighted by Crippen LogP contribution is 2.22. The Labute approximate surface area is 106 Å². The van der Waals surface area contributed by atoms with Gasteiger partial charge in [0.2, 0.25) is 0 Å². The number of rotatable bonds is 7. The topological polar surface area (TPSA) is 33.3 Å². The van der Waals surface area contributed by atoms with Gasteiger partial charge in [-0.3, -0.25) is 0 Å². The third-order valence-electron chi connectivity index (χ3n) is 4.28. The van der Waals surface area contributed by atoms with Gasteiger partial charge in [0, 0.05) is 13.2 Å². The van der Waals surface area contributed by atoms with E-state index >= 15 is 0 Å². The molecule has 3 unspecified atom stereocenters. The number of hydrogen-bond acceptors (Lipinski definition) is 3. The van der Waals surface area contributed by atoms with Gasteiger partial charge in [-0.2, -0.15) is 0 Å². The minimum Gasteiger partial charge on any atom is -0.378 e. The van der Waals surface area contributed by atoms with Crippen LogP contribution in [0.5, 0.6) is 0 Å². The van der Waals surface area contributed by atoms with Gasteiger partial charge in [-0.1, -0.05) is 6.92 Å².